The minimum absolute atomic E-state index is 0.0285. The topological polar surface area (TPSA) is 69.6 Å². The first kappa shape index (κ1) is 21.2. The Balaban J connectivity index is 1.21. The fourth-order valence-electron chi connectivity index (χ4n) is 5.53. The summed E-state index contributed by atoms with van der Waals surface area (Å²) < 4.78 is 0. The van der Waals surface area contributed by atoms with E-state index in [0.29, 0.717) is 6.54 Å². The van der Waals surface area contributed by atoms with Gasteiger partial charge in [-0.3, -0.25) is 19.4 Å². The molecule has 1 aliphatic carbocycles. The second-order valence-electron chi connectivity index (χ2n) is 9.82. The number of carbonyl (C=O) groups excluding carboxylic acids is 2. The van der Waals surface area contributed by atoms with Gasteiger partial charge < -0.3 is 4.90 Å². The van der Waals surface area contributed by atoms with Crippen LogP contribution in [0.5, 0.6) is 0 Å². The monoisotopic (exact) mass is 413 g/mol. The predicted molar refractivity (Wildman–Crippen MR) is 116 cm³/mol. The van der Waals surface area contributed by atoms with Crippen LogP contribution in [0.3, 0.4) is 0 Å². The van der Waals surface area contributed by atoms with E-state index in [0.717, 1.165) is 75.7 Å². The molecule has 0 spiro atoms. The lowest BCUT2D eigenvalue weighted by molar-refractivity contribution is -0.160. The van der Waals surface area contributed by atoms with E-state index in [-0.39, 0.29) is 29.1 Å². The van der Waals surface area contributed by atoms with Crippen molar-refractivity contribution >= 4 is 17.8 Å². The Kier molecular flexibility index (Phi) is 5.84. The van der Waals surface area contributed by atoms with Crippen molar-refractivity contribution in [3.05, 3.63) is 17.5 Å². The number of likely N-dealkylation sites (tertiary alicyclic amines) is 1. The number of hydrogen-bond acceptors (Lipinski definition) is 6. The van der Waals surface area contributed by atoms with Gasteiger partial charge in [0.15, 0.2) is 0 Å². The quantitative estimate of drug-likeness (QED) is 0.527. The summed E-state index contributed by atoms with van der Waals surface area (Å²) in [6.07, 6.45) is 3.63. The number of aromatic nitrogens is 2. The first-order chi connectivity index (χ1) is 14.3. The summed E-state index contributed by atoms with van der Waals surface area (Å²) in [5.41, 5.74) is 1.86. The summed E-state index contributed by atoms with van der Waals surface area (Å²) >= 11 is 0. The van der Waals surface area contributed by atoms with E-state index in [2.05, 4.69) is 33.6 Å². The van der Waals surface area contributed by atoms with Gasteiger partial charge in [-0.05, 0) is 57.6 Å². The highest BCUT2D eigenvalue weighted by Gasteiger charge is 2.56. The van der Waals surface area contributed by atoms with Crippen LogP contribution in [0.25, 0.3) is 0 Å². The number of unbranched alkanes of at least 4 members (excludes halogenated alkanes) is 1. The third-order valence-electron chi connectivity index (χ3n) is 7.40. The molecule has 2 amide bonds. The largest absolute Gasteiger partial charge is 0.338 e. The minimum atomic E-state index is -0.163. The molecule has 2 atom stereocenters. The number of imide groups is 1. The highest BCUT2D eigenvalue weighted by Crippen LogP contribution is 2.52. The molecule has 2 saturated heterocycles. The first-order valence-electron chi connectivity index (χ1n) is 11.4. The van der Waals surface area contributed by atoms with Crippen LogP contribution in [0.15, 0.2) is 6.07 Å². The molecule has 0 radical (unpaired) electrons. The summed E-state index contributed by atoms with van der Waals surface area (Å²) in [6.45, 7) is 13.7. The second kappa shape index (κ2) is 8.25. The standard InChI is InChI=1S/C23H35N5O2/c1-16-15-17(2)25-22(24-16)27-13-11-26(12-14-27)9-5-6-10-28-20(29)18-7-8-19(21(28)30)23(18,3)4/h15,18-19H,5-14H2,1-4H3. The van der Waals surface area contributed by atoms with Gasteiger partial charge in [0, 0.05) is 55.9 Å². The Morgan fingerprint density at radius 2 is 1.43 bits per heavy atom. The van der Waals surface area contributed by atoms with Crippen LogP contribution in [0, 0.1) is 31.1 Å². The van der Waals surface area contributed by atoms with Gasteiger partial charge >= 0.3 is 0 Å². The Morgan fingerprint density at radius 3 is 2.00 bits per heavy atom. The van der Waals surface area contributed by atoms with Gasteiger partial charge in [0.1, 0.15) is 0 Å². The van der Waals surface area contributed by atoms with Crippen molar-refractivity contribution in [3.8, 4) is 0 Å². The predicted octanol–water partition coefficient (Wildman–Crippen LogP) is 2.42. The molecule has 30 heavy (non-hydrogen) atoms. The molecule has 3 aliphatic rings. The van der Waals surface area contributed by atoms with Crippen molar-refractivity contribution in [2.24, 2.45) is 17.3 Å². The number of piperidine rings is 1. The number of aryl methyl sites for hydroxylation is 2. The number of piperazine rings is 1. The molecule has 0 N–H and O–H groups in total. The maximum Gasteiger partial charge on any atom is 0.232 e. The Morgan fingerprint density at radius 1 is 0.900 bits per heavy atom. The van der Waals surface area contributed by atoms with Gasteiger partial charge in [0.2, 0.25) is 17.8 Å². The lowest BCUT2D eigenvalue weighted by atomic mass is 9.71. The average Bonchev–Trinajstić information content (AvgIpc) is 2.93. The molecular weight excluding hydrogens is 378 g/mol. The third kappa shape index (κ3) is 3.96. The number of amides is 2. The van der Waals surface area contributed by atoms with Crippen LogP contribution in [0.4, 0.5) is 5.95 Å². The minimum Gasteiger partial charge on any atom is -0.338 e. The molecule has 7 nitrogen and oxygen atoms in total. The van der Waals surface area contributed by atoms with E-state index in [9.17, 15) is 9.59 Å². The molecule has 1 aromatic rings. The van der Waals surface area contributed by atoms with Crippen molar-refractivity contribution in [3.63, 3.8) is 0 Å². The van der Waals surface area contributed by atoms with Crippen LogP contribution in [0.2, 0.25) is 0 Å². The molecule has 2 bridgehead atoms. The van der Waals surface area contributed by atoms with Gasteiger partial charge in [-0.15, -0.1) is 0 Å². The molecule has 4 rings (SSSR count). The van der Waals surface area contributed by atoms with E-state index in [1.54, 1.807) is 4.90 Å². The SMILES string of the molecule is Cc1cc(C)nc(N2CCN(CCCCN3C(=O)C4CCC(C3=O)C4(C)C)CC2)n1. The van der Waals surface area contributed by atoms with E-state index in [4.69, 9.17) is 0 Å². The number of carbonyl (C=O) groups is 2. The van der Waals surface area contributed by atoms with Crippen molar-refractivity contribution in [1.82, 2.24) is 19.8 Å². The molecule has 3 heterocycles. The van der Waals surface area contributed by atoms with Crippen LogP contribution >= 0.6 is 0 Å². The molecule has 3 fully saturated rings. The summed E-state index contributed by atoms with van der Waals surface area (Å²) in [5, 5.41) is 0. The Labute approximate surface area is 179 Å². The summed E-state index contributed by atoms with van der Waals surface area (Å²) in [4.78, 5) is 41.1. The van der Waals surface area contributed by atoms with Gasteiger partial charge in [0.05, 0.1) is 0 Å². The third-order valence-corrected chi connectivity index (χ3v) is 7.40. The maximum absolute atomic E-state index is 12.8. The fraction of sp³-hybridized carbons (Fsp3) is 0.739. The molecule has 2 aliphatic heterocycles. The highest BCUT2D eigenvalue weighted by atomic mass is 16.2. The zero-order chi connectivity index (χ0) is 21.5. The van der Waals surface area contributed by atoms with Gasteiger partial charge in [-0.25, -0.2) is 9.97 Å². The Hall–Kier alpha value is -2.02. The van der Waals surface area contributed by atoms with Crippen LogP contribution < -0.4 is 4.90 Å². The van der Waals surface area contributed by atoms with Gasteiger partial charge in [0.25, 0.3) is 0 Å². The fourth-order valence-corrected chi connectivity index (χ4v) is 5.53. The van der Waals surface area contributed by atoms with E-state index < -0.39 is 0 Å². The van der Waals surface area contributed by atoms with E-state index >= 15 is 0 Å². The molecule has 1 aromatic heterocycles. The number of anilines is 1. The molecular formula is C23H35N5O2. The van der Waals surface area contributed by atoms with Crippen LogP contribution in [-0.2, 0) is 9.59 Å². The van der Waals surface area contributed by atoms with Gasteiger partial charge in [-0.1, -0.05) is 13.8 Å². The summed E-state index contributed by atoms with van der Waals surface area (Å²) in [7, 11) is 0. The number of fused-ring (bicyclic) bond motifs is 2. The lowest BCUT2D eigenvalue weighted by Gasteiger charge is -2.41. The number of rotatable bonds is 6. The highest BCUT2D eigenvalue weighted by molar-refractivity contribution is 6.01. The molecule has 1 saturated carbocycles. The molecule has 2 unspecified atom stereocenters. The second-order valence-corrected chi connectivity index (χ2v) is 9.82. The summed E-state index contributed by atoms with van der Waals surface area (Å²) in [5.74, 6) is 1.04. The number of hydrogen-bond donors (Lipinski definition) is 0. The molecule has 164 valence electrons. The number of nitrogens with zero attached hydrogens (tertiary/aromatic N) is 5. The lowest BCUT2D eigenvalue weighted by Crippen LogP contribution is -2.54. The van der Waals surface area contributed by atoms with Crippen molar-refractivity contribution in [2.45, 2.75) is 53.4 Å². The zero-order valence-corrected chi connectivity index (χ0v) is 18.9. The van der Waals surface area contributed by atoms with Crippen LogP contribution in [0.1, 0.15) is 50.9 Å². The van der Waals surface area contributed by atoms with E-state index in [1.807, 2.05) is 19.9 Å². The maximum atomic E-state index is 12.8. The van der Waals surface area contributed by atoms with E-state index in [1.165, 1.54) is 0 Å². The van der Waals surface area contributed by atoms with Crippen molar-refractivity contribution < 1.29 is 9.59 Å². The van der Waals surface area contributed by atoms with Crippen molar-refractivity contribution in [1.29, 1.82) is 0 Å². The summed E-state index contributed by atoms with van der Waals surface area (Å²) in [6, 6.07) is 2.00. The normalized spacial score (nSPS) is 26.5. The van der Waals surface area contributed by atoms with Crippen molar-refractivity contribution in [2.75, 3.05) is 44.2 Å². The Bertz CT molecular complexity index is 770. The van der Waals surface area contributed by atoms with Crippen LogP contribution in [-0.4, -0.2) is 70.9 Å². The molecule has 0 aromatic carbocycles. The smallest absolute Gasteiger partial charge is 0.232 e. The molecule has 7 heteroatoms. The first-order valence-corrected chi connectivity index (χ1v) is 11.4. The zero-order valence-electron chi connectivity index (χ0n) is 18.9. The average molecular weight is 414 g/mol. The van der Waals surface area contributed by atoms with Gasteiger partial charge in [-0.2, -0.15) is 0 Å².